The Hall–Kier alpha value is -1.52. The van der Waals surface area contributed by atoms with Crippen LogP contribution in [0.1, 0.15) is 36.7 Å². The second kappa shape index (κ2) is 5.38. The lowest BCUT2D eigenvalue weighted by Gasteiger charge is -2.04. The summed E-state index contributed by atoms with van der Waals surface area (Å²) in [6.45, 7) is 2.54. The van der Waals surface area contributed by atoms with Gasteiger partial charge in [0.15, 0.2) is 5.69 Å². The summed E-state index contributed by atoms with van der Waals surface area (Å²) in [5.41, 5.74) is 6.27. The van der Waals surface area contributed by atoms with Crippen molar-refractivity contribution < 1.29 is 9.53 Å². The molecule has 0 aliphatic heterocycles. The van der Waals surface area contributed by atoms with Gasteiger partial charge in [-0.05, 0) is 6.42 Å². The molecule has 2 N–H and O–H groups in total. The van der Waals surface area contributed by atoms with Gasteiger partial charge in [-0.3, -0.25) is 4.68 Å². The SMILES string of the molecule is CCCCCOC(=O)c1c(N)cnn1C. The van der Waals surface area contributed by atoms with Gasteiger partial charge in [-0.15, -0.1) is 0 Å². The summed E-state index contributed by atoms with van der Waals surface area (Å²) in [6.07, 6.45) is 4.50. The van der Waals surface area contributed by atoms with Crippen molar-refractivity contribution in [2.24, 2.45) is 7.05 Å². The van der Waals surface area contributed by atoms with E-state index in [1.807, 2.05) is 0 Å². The molecule has 0 amide bonds. The number of aryl methyl sites for hydroxylation is 1. The Bertz CT molecular complexity index is 314. The van der Waals surface area contributed by atoms with Crippen LogP contribution in [0.25, 0.3) is 0 Å². The predicted molar refractivity (Wildman–Crippen MR) is 57.4 cm³/mol. The average Bonchev–Trinajstić information content (AvgIpc) is 2.53. The molecule has 0 fully saturated rings. The van der Waals surface area contributed by atoms with Gasteiger partial charge in [0.1, 0.15) is 0 Å². The molecule has 0 spiro atoms. The van der Waals surface area contributed by atoms with Crippen LogP contribution in [0.15, 0.2) is 6.20 Å². The number of hydrogen-bond acceptors (Lipinski definition) is 4. The summed E-state index contributed by atoms with van der Waals surface area (Å²) in [5, 5.41) is 3.87. The molecule has 0 aliphatic carbocycles. The third-order valence-electron chi connectivity index (χ3n) is 2.14. The maximum absolute atomic E-state index is 11.5. The van der Waals surface area contributed by atoms with E-state index in [2.05, 4.69) is 12.0 Å². The molecule has 1 aromatic heterocycles. The largest absolute Gasteiger partial charge is 0.461 e. The molecule has 0 saturated heterocycles. The topological polar surface area (TPSA) is 70.1 Å². The minimum atomic E-state index is -0.399. The molecular formula is C10H17N3O2. The van der Waals surface area contributed by atoms with Crippen molar-refractivity contribution in [3.63, 3.8) is 0 Å². The van der Waals surface area contributed by atoms with E-state index in [9.17, 15) is 4.79 Å². The molecule has 0 atom stereocenters. The van der Waals surface area contributed by atoms with E-state index in [4.69, 9.17) is 10.5 Å². The van der Waals surface area contributed by atoms with Gasteiger partial charge < -0.3 is 10.5 Å². The molecule has 1 aromatic rings. The number of aromatic nitrogens is 2. The summed E-state index contributed by atoms with van der Waals surface area (Å²) in [4.78, 5) is 11.5. The van der Waals surface area contributed by atoms with E-state index < -0.39 is 5.97 Å². The third-order valence-corrected chi connectivity index (χ3v) is 2.14. The van der Waals surface area contributed by atoms with Crippen LogP contribution in [-0.2, 0) is 11.8 Å². The standard InChI is InChI=1S/C10H17N3O2/c1-3-4-5-6-15-10(14)9-8(11)7-12-13(9)2/h7H,3-6,11H2,1-2H3. The highest BCUT2D eigenvalue weighted by molar-refractivity contribution is 5.92. The third kappa shape index (κ3) is 2.97. The number of nitrogen functional groups attached to an aromatic ring is 1. The van der Waals surface area contributed by atoms with Crippen molar-refractivity contribution in [2.45, 2.75) is 26.2 Å². The Balaban J connectivity index is 2.47. The fourth-order valence-corrected chi connectivity index (χ4v) is 1.29. The Labute approximate surface area is 89.2 Å². The van der Waals surface area contributed by atoms with E-state index >= 15 is 0 Å². The van der Waals surface area contributed by atoms with Crippen molar-refractivity contribution >= 4 is 11.7 Å². The molecule has 0 bridgehead atoms. The van der Waals surface area contributed by atoms with E-state index in [1.165, 1.54) is 10.9 Å². The number of nitrogens with zero attached hydrogens (tertiary/aromatic N) is 2. The first-order valence-electron chi connectivity index (χ1n) is 5.11. The van der Waals surface area contributed by atoms with Gasteiger partial charge in [0.2, 0.25) is 0 Å². The Kier molecular flexibility index (Phi) is 4.15. The van der Waals surface area contributed by atoms with Crippen molar-refractivity contribution in [3.8, 4) is 0 Å². The van der Waals surface area contributed by atoms with Crippen molar-refractivity contribution in [1.82, 2.24) is 9.78 Å². The van der Waals surface area contributed by atoms with Gasteiger partial charge in [0, 0.05) is 7.05 Å². The van der Waals surface area contributed by atoms with E-state index in [0.29, 0.717) is 18.0 Å². The molecule has 0 aliphatic rings. The average molecular weight is 211 g/mol. The lowest BCUT2D eigenvalue weighted by atomic mass is 10.3. The van der Waals surface area contributed by atoms with Gasteiger partial charge in [0.05, 0.1) is 18.5 Å². The summed E-state index contributed by atoms with van der Waals surface area (Å²) < 4.78 is 6.50. The lowest BCUT2D eigenvalue weighted by Crippen LogP contribution is -2.13. The molecule has 1 rings (SSSR count). The first-order valence-corrected chi connectivity index (χ1v) is 5.11. The first-order chi connectivity index (χ1) is 7.16. The van der Waals surface area contributed by atoms with Crippen molar-refractivity contribution in [3.05, 3.63) is 11.9 Å². The number of unbranched alkanes of at least 4 members (excludes halogenated alkanes) is 2. The van der Waals surface area contributed by atoms with Crippen LogP contribution in [0.2, 0.25) is 0 Å². The minimum absolute atomic E-state index is 0.325. The van der Waals surface area contributed by atoms with Crippen molar-refractivity contribution in [1.29, 1.82) is 0 Å². The zero-order valence-corrected chi connectivity index (χ0v) is 9.19. The number of anilines is 1. The van der Waals surface area contributed by atoms with Crippen LogP contribution in [0.5, 0.6) is 0 Å². The molecular weight excluding hydrogens is 194 g/mol. The van der Waals surface area contributed by atoms with Gasteiger partial charge in [0.25, 0.3) is 0 Å². The number of ether oxygens (including phenoxy) is 1. The second-order valence-electron chi connectivity index (χ2n) is 3.42. The van der Waals surface area contributed by atoms with Crippen LogP contribution in [0.3, 0.4) is 0 Å². The predicted octanol–water partition coefficient (Wildman–Crippen LogP) is 1.35. The highest BCUT2D eigenvalue weighted by Crippen LogP contribution is 2.10. The monoisotopic (exact) mass is 211 g/mol. The van der Waals surface area contributed by atoms with Crippen LogP contribution in [0.4, 0.5) is 5.69 Å². The number of esters is 1. The number of rotatable bonds is 5. The molecule has 5 heteroatoms. The fraction of sp³-hybridized carbons (Fsp3) is 0.600. The van der Waals surface area contributed by atoms with E-state index in [1.54, 1.807) is 7.05 Å². The Morgan fingerprint density at radius 3 is 2.87 bits per heavy atom. The normalized spacial score (nSPS) is 10.3. The Morgan fingerprint density at radius 1 is 1.60 bits per heavy atom. The van der Waals surface area contributed by atoms with Gasteiger partial charge in [-0.25, -0.2) is 4.79 Å². The lowest BCUT2D eigenvalue weighted by molar-refractivity contribution is 0.0487. The van der Waals surface area contributed by atoms with Crippen LogP contribution >= 0.6 is 0 Å². The molecule has 1 heterocycles. The molecule has 0 saturated carbocycles. The van der Waals surface area contributed by atoms with E-state index in [-0.39, 0.29) is 0 Å². The maximum atomic E-state index is 11.5. The zero-order valence-electron chi connectivity index (χ0n) is 9.19. The quantitative estimate of drug-likeness (QED) is 0.589. The number of hydrogen-bond donors (Lipinski definition) is 1. The first kappa shape index (κ1) is 11.6. The van der Waals surface area contributed by atoms with Gasteiger partial charge in [-0.1, -0.05) is 19.8 Å². The smallest absolute Gasteiger partial charge is 0.358 e. The summed E-state index contributed by atoms with van der Waals surface area (Å²) in [6, 6.07) is 0. The molecule has 15 heavy (non-hydrogen) atoms. The highest BCUT2D eigenvalue weighted by Gasteiger charge is 2.15. The Morgan fingerprint density at radius 2 is 2.33 bits per heavy atom. The molecule has 0 unspecified atom stereocenters. The maximum Gasteiger partial charge on any atom is 0.358 e. The van der Waals surface area contributed by atoms with Crippen molar-refractivity contribution in [2.75, 3.05) is 12.3 Å². The van der Waals surface area contributed by atoms with Gasteiger partial charge in [-0.2, -0.15) is 5.10 Å². The van der Waals surface area contributed by atoms with Crippen LogP contribution in [-0.4, -0.2) is 22.4 Å². The summed E-state index contributed by atoms with van der Waals surface area (Å²) in [7, 11) is 1.67. The van der Waals surface area contributed by atoms with Gasteiger partial charge >= 0.3 is 5.97 Å². The fourth-order valence-electron chi connectivity index (χ4n) is 1.29. The van der Waals surface area contributed by atoms with Crippen LogP contribution in [0, 0.1) is 0 Å². The highest BCUT2D eigenvalue weighted by atomic mass is 16.5. The van der Waals surface area contributed by atoms with E-state index in [0.717, 1.165) is 19.3 Å². The number of nitrogens with two attached hydrogens (primary N) is 1. The molecule has 0 radical (unpaired) electrons. The number of carbonyl (C=O) groups is 1. The zero-order chi connectivity index (χ0) is 11.3. The van der Waals surface area contributed by atoms with Crippen LogP contribution < -0.4 is 5.73 Å². The second-order valence-corrected chi connectivity index (χ2v) is 3.42. The molecule has 5 nitrogen and oxygen atoms in total. The molecule has 84 valence electrons. The molecule has 0 aromatic carbocycles. The minimum Gasteiger partial charge on any atom is -0.461 e. The summed E-state index contributed by atoms with van der Waals surface area (Å²) >= 11 is 0. The number of carbonyl (C=O) groups excluding carboxylic acids is 1. The summed E-state index contributed by atoms with van der Waals surface area (Å²) in [5.74, 6) is -0.399.